The lowest BCUT2D eigenvalue weighted by atomic mass is 10.1. The smallest absolute Gasteiger partial charge is 0.262 e. The molecular weight excluding hydrogens is 450 g/mol. The van der Waals surface area contributed by atoms with Gasteiger partial charge in [-0.1, -0.05) is 6.07 Å². The van der Waals surface area contributed by atoms with E-state index in [-0.39, 0.29) is 24.1 Å². The molecule has 0 atom stereocenters. The standard InChI is InChI=1S/C27H25NO7/c1-16-5-9-23(33-4)21(11-16)28-26(29)15-34-19-6-8-20-24(14-19)35-25(27(20)30)13-17-12-18(31-2)7-10-22(17)32-3/h5-14H,15H2,1-4H3,(H,28,29). The van der Waals surface area contributed by atoms with Crippen molar-refractivity contribution in [1.29, 1.82) is 0 Å². The van der Waals surface area contributed by atoms with E-state index in [9.17, 15) is 9.59 Å². The summed E-state index contributed by atoms with van der Waals surface area (Å²) in [6, 6.07) is 15.6. The zero-order valence-corrected chi connectivity index (χ0v) is 19.8. The van der Waals surface area contributed by atoms with Crippen molar-refractivity contribution < 1.29 is 33.3 Å². The molecule has 0 fully saturated rings. The summed E-state index contributed by atoms with van der Waals surface area (Å²) in [6.45, 7) is 1.69. The molecule has 1 heterocycles. The summed E-state index contributed by atoms with van der Waals surface area (Å²) in [6.07, 6.45) is 1.60. The molecule has 0 spiro atoms. The molecule has 8 nitrogen and oxygen atoms in total. The van der Waals surface area contributed by atoms with E-state index in [4.69, 9.17) is 23.7 Å². The number of ketones is 1. The second-order valence-electron chi connectivity index (χ2n) is 7.75. The number of hydrogen-bond donors (Lipinski definition) is 1. The molecule has 1 N–H and O–H groups in total. The third-order valence-electron chi connectivity index (χ3n) is 5.36. The maximum atomic E-state index is 12.8. The first kappa shape index (κ1) is 23.7. The van der Waals surface area contributed by atoms with Crippen molar-refractivity contribution in [2.24, 2.45) is 0 Å². The van der Waals surface area contributed by atoms with Crippen LogP contribution >= 0.6 is 0 Å². The normalized spacial score (nSPS) is 13.1. The highest BCUT2D eigenvalue weighted by atomic mass is 16.5. The van der Waals surface area contributed by atoms with E-state index in [1.807, 2.05) is 19.1 Å². The maximum absolute atomic E-state index is 12.8. The van der Waals surface area contributed by atoms with E-state index >= 15 is 0 Å². The first-order valence-electron chi connectivity index (χ1n) is 10.8. The average Bonchev–Trinajstić information content (AvgIpc) is 3.17. The number of carbonyl (C=O) groups excluding carboxylic acids is 2. The molecule has 1 aliphatic rings. The number of amides is 1. The molecule has 1 aliphatic heterocycles. The molecular formula is C27H25NO7. The predicted octanol–water partition coefficient (Wildman–Crippen LogP) is 4.65. The SMILES string of the molecule is COc1ccc(OC)c(C=C2Oc3cc(OCC(=O)Nc4cc(C)ccc4OC)ccc3C2=O)c1. The van der Waals surface area contributed by atoms with Gasteiger partial charge in [-0.3, -0.25) is 9.59 Å². The Balaban J connectivity index is 1.46. The van der Waals surface area contributed by atoms with Gasteiger partial charge in [-0.15, -0.1) is 0 Å². The van der Waals surface area contributed by atoms with Crippen LogP contribution in [0.3, 0.4) is 0 Å². The lowest BCUT2D eigenvalue weighted by molar-refractivity contribution is -0.118. The first-order chi connectivity index (χ1) is 16.9. The van der Waals surface area contributed by atoms with E-state index in [0.717, 1.165) is 5.56 Å². The second kappa shape index (κ2) is 10.2. The Hall–Kier alpha value is -4.46. The average molecular weight is 475 g/mol. The lowest BCUT2D eigenvalue weighted by Crippen LogP contribution is -2.20. The van der Waals surface area contributed by atoms with Gasteiger partial charge in [0.25, 0.3) is 5.91 Å². The number of fused-ring (bicyclic) bond motifs is 1. The van der Waals surface area contributed by atoms with Gasteiger partial charge in [0.1, 0.15) is 28.7 Å². The van der Waals surface area contributed by atoms with Crippen molar-refractivity contribution in [1.82, 2.24) is 0 Å². The van der Waals surface area contributed by atoms with Gasteiger partial charge in [0.05, 0.1) is 32.6 Å². The van der Waals surface area contributed by atoms with E-state index < -0.39 is 0 Å². The summed E-state index contributed by atoms with van der Waals surface area (Å²) in [4.78, 5) is 25.3. The molecule has 0 unspecified atom stereocenters. The van der Waals surface area contributed by atoms with Crippen LogP contribution in [0.1, 0.15) is 21.5 Å². The molecule has 0 saturated heterocycles. The van der Waals surface area contributed by atoms with Crippen molar-refractivity contribution in [3.8, 4) is 28.7 Å². The van der Waals surface area contributed by atoms with E-state index in [1.165, 1.54) is 7.11 Å². The van der Waals surface area contributed by atoms with Crippen LogP contribution in [0.5, 0.6) is 28.7 Å². The number of allylic oxidation sites excluding steroid dienone is 1. The third kappa shape index (κ3) is 5.22. The van der Waals surface area contributed by atoms with Crippen LogP contribution < -0.4 is 29.0 Å². The van der Waals surface area contributed by atoms with Gasteiger partial charge in [-0.25, -0.2) is 0 Å². The second-order valence-corrected chi connectivity index (χ2v) is 7.75. The van der Waals surface area contributed by atoms with Crippen molar-refractivity contribution in [3.05, 3.63) is 77.0 Å². The molecule has 0 aliphatic carbocycles. The van der Waals surface area contributed by atoms with Gasteiger partial charge >= 0.3 is 0 Å². The summed E-state index contributed by atoms with van der Waals surface area (Å²) in [5, 5.41) is 2.78. The molecule has 0 aromatic heterocycles. The van der Waals surface area contributed by atoms with E-state index in [1.54, 1.807) is 62.8 Å². The maximum Gasteiger partial charge on any atom is 0.262 e. The van der Waals surface area contributed by atoms with Crippen LogP contribution in [-0.2, 0) is 4.79 Å². The van der Waals surface area contributed by atoms with Gasteiger partial charge in [-0.05, 0) is 61.0 Å². The first-order valence-corrected chi connectivity index (χ1v) is 10.8. The predicted molar refractivity (Wildman–Crippen MR) is 131 cm³/mol. The highest BCUT2D eigenvalue weighted by Gasteiger charge is 2.28. The Bertz CT molecular complexity index is 1310. The summed E-state index contributed by atoms with van der Waals surface area (Å²) in [5.41, 5.74) is 2.59. The number of benzene rings is 3. The molecule has 4 rings (SSSR count). The van der Waals surface area contributed by atoms with Crippen molar-refractivity contribution in [3.63, 3.8) is 0 Å². The largest absolute Gasteiger partial charge is 0.497 e. The number of methoxy groups -OCH3 is 3. The fourth-order valence-corrected chi connectivity index (χ4v) is 3.61. The lowest BCUT2D eigenvalue weighted by Gasteiger charge is -2.12. The zero-order chi connectivity index (χ0) is 24.9. The monoisotopic (exact) mass is 475 g/mol. The Morgan fingerprint density at radius 1 is 0.914 bits per heavy atom. The molecule has 1 amide bonds. The Labute approximate surface area is 203 Å². The molecule has 180 valence electrons. The minimum Gasteiger partial charge on any atom is -0.497 e. The number of ether oxygens (including phenoxy) is 5. The molecule has 3 aromatic carbocycles. The van der Waals surface area contributed by atoms with Crippen LogP contribution in [0.25, 0.3) is 6.08 Å². The quantitative estimate of drug-likeness (QED) is 0.474. The van der Waals surface area contributed by atoms with Gasteiger partial charge in [-0.2, -0.15) is 0 Å². The summed E-state index contributed by atoms with van der Waals surface area (Å²) in [5.74, 6) is 2.03. The molecule has 8 heteroatoms. The van der Waals surface area contributed by atoms with Crippen molar-refractivity contribution in [2.75, 3.05) is 33.3 Å². The summed E-state index contributed by atoms with van der Waals surface area (Å²) < 4.78 is 27.3. The Morgan fingerprint density at radius 2 is 1.66 bits per heavy atom. The molecule has 0 bridgehead atoms. The molecule has 3 aromatic rings. The topological polar surface area (TPSA) is 92.3 Å². The van der Waals surface area contributed by atoms with Crippen LogP contribution in [0.15, 0.2) is 60.4 Å². The van der Waals surface area contributed by atoms with Gasteiger partial charge in [0, 0.05) is 11.6 Å². The Morgan fingerprint density at radius 3 is 2.40 bits per heavy atom. The summed E-state index contributed by atoms with van der Waals surface area (Å²) in [7, 11) is 4.64. The number of carbonyl (C=O) groups is 2. The van der Waals surface area contributed by atoms with Gasteiger partial charge < -0.3 is 29.0 Å². The highest BCUT2D eigenvalue weighted by molar-refractivity contribution is 6.14. The van der Waals surface area contributed by atoms with Crippen LogP contribution in [0, 0.1) is 6.92 Å². The van der Waals surface area contributed by atoms with E-state index in [2.05, 4.69) is 5.32 Å². The van der Waals surface area contributed by atoms with Crippen molar-refractivity contribution >= 4 is 23.5 Å². The number of Topliss-reactive ketones (excluding diaryl/α,β-unsaturated/α-hetero) is 1. The van der Waals surface area contributed by atoms with Crippen LogP contribution in [-0.4, -0.2) is 39.6 Å². The number of rotatable bonds is 8. The van der Waals surface area contributed by atoms with Crippen LogP contribution in [0.4, 0.5) is 5.69 Å². The highest BCUT2D eigenvalue weighted by Crippen LogP contribution is 2.36. The fraction of sp³-hybridized carbons (Fsp3) is 0.185. The fourth-order valence-electron chi connectivity index (χ4n) is 3.61. The summed E-state index contributed by atoms with van der Waals surface area (Å²) >= 11 is 0. The molecule has 35 heavy (non-hydrogen) atoms. The number of nitrogens with one attached hydrogen (secondary N) is 1. The number of anilines is 1. The zero-order valence-electron chi connectivity index (χ0n) is 19.8. The number of aryl methyl sites for hydroxylation is 1. The van der Waals surface area contributed by atoms with Gasteiger partial charge in [0.15, 0.2) is 12.4 Å². The van der Waals surface area contributed by atoms with Crippen LogP contribution in [0.2, 0.25) is 0 Å². The molecule has 0 saturated carbocycles. The number of hydrogen-bond acceptors (Lipinski definition) is 7. The van der Waals surface area contributed by atoms with Gasteiger partial charge in [0.2, 0.25) is 5.78 Å². The molecule has 0 radical (unpaired) electrons. The third-order valence-corrected chi connectivity index (χ3v) is 5.36. The minimum absolute atomic E-state index is 0.146. The van der Waals surface area contributed by atoms with E-state index in [0.29, 0.717) is 45.6 Å². The Kier molecular flexibility index (Phi) is 6.91. The van der Waals surface area contributed by atoms with Crippen molar-refractivity contribution in [2.45, 2.75) is 6.92 Å². The minimum atomic E-state index is -0.350.